The van der Waals surface area contributed by atoms with Crippen LogP contribution in [-0.2, 0) is 20.7 Å². The Morgan fingerprint density at radius 3 is 2.90 bits per heavy atom. The Morgan fingerprint density at radius 2 is 2.19 bits per heavy atom. The molecule has 2 aliphatic rings. The normalized spacial score (nSPS) is 27.7. The molecular formula is C16H18BrNO3. The fourth-order valence-electron chi connectivity index (χ4n) is 3.34. The van der Waals surface area contributed by atoms with Crippen LogP contribution in [0, 0.1) is 11.8 Å². The first-order valence-corrected chi connectivity index (χ1v) is 8.20. The number of carbonyl (C=O) groups excluding carboxylic acids is 2. The van der Waals surface area contributed by atoms with Crippen molar-refractivity contribution in [2.75, 3.05) is 0 Å². The predicted octanol–water partition coefficient (Wildman–Crippen LogP) is 3.38. The van der Waals surface area contributed by atoms with Gasteiger partial charge >= 0.3 is 5.97 Å². The summed E-state index contributed by atoms with van der Waals surface area (Å²) >= 11 is 3.49. The van der Waals surface area contributed by atoms with E-state index in [-0.39, 0.29) is 29.7 Å². The van der Waals surface area contributed by atoms with Crippen molar-refractivity contribution in [1.29, 1.82) is 0 Å². The average Bonchev–Trinajstić information content (AvgIpc) is 2.99. The predicted molar refractivity (Wildman–Crippen MR) is 80.6 cm³/mol. The Hall–Kier alpha value is -1.23. The molecule has 1 heterocycles. The van der Waals surface area contributed by atoms with Gasteiger partial charge in [-0.1, -0.05) is 6.92 Å². The van der Waals surface area contributed by atoms with Crippen molar-refractivity contribution < 1.29 is 14.3 Å². The van der Waals surface area contributed by atoms with Crippen LogP contribution in [0.3, 0.4) is 0 Å². The minimum atomic E-state index is -0.195. The number of halogens is 1. The van der Waals surface area contributed by atoms with Crippen LogP contribution in [-0.4, -0.2) is 16.7 Å². The summed E-state index contributed by atoms with van der Waals surface area (Å²) < 4.78 is 6.61. The molecule has 1 fully saturated rings. The standard InChI is InChI=1S/C16H18BrNO3/c1-9-10(2-4-14(9)19)6-16(20)21-15-5-3-11-12(15)7-18-8-13(11)17/h7-10,15H,2-6H2,1H3/t9-,10-,15?/m1/s1. The van der Waals surface area contributed by atoms with E-state index >= 15 is 0 Å². The van der Waals surface area contributed by atoms with E-state index in [1.165, 1.54) is 5.56 Å². The largest absolute Gasteiger partial charge is 0.457 e. The molecule has 1 saturated carbocycles. The molecule has 1 aromatic heterocycles. The lowest BCUT2D eigenvalue weighted by Gasteiger charge is -2.17. The monoisotopic (exact) mass is 351 g/mol. The van der Waals surface area contributed by atoms with E-state index in [2.05, 4.69) is 20.9 Å². The molecule has 1 aromatic rings. The summed E-state index contributed by atoms with van der Waals surface area (Å²) in [5.74, 6) is 0.210. The van der Waals surface area contributed by atoms with Crippen LogP contribution in [0.5, 0.6) is 0 Å². The number of Topliss-reactive ketones (excluding diaryl/α,β-unsaturated/α-hetero) is 1. The quantitative estimate of drug-likeness (QED) is 0.783. The zero-order valence-corrected chi connectivity index (χ0v) is 13.6. The van der Waals surface area contributed by atoms with Gasteiger partial charge in [0.1, 0.15) is 11.9 Å². The molecule has 0 aromatic carbocycles. The summed E-state index contributed by atoms with van der Waals surface area (Å²) in [4.78, 5) is 27.8. The molecule has 0 saturated heterocycles. The number of nitrogens with zero attached hydrogens (tertiary/aromatic N) is 1. The van der Waals surface area contributed by atoms with E-state index in [1.807, 2.05) is 6.92 Å². The van der Waals surface area contributed by atoms with Gasteiger partial charge in [-0.15, -0.1) is 0 Å². The number of carbonyl (C=O) groups is 2. The van der Waals surface area contributed by atoms with Gasteiger partial charge in [0.05, 0.1) is 0 Å². The number of aromatic nitrogens is 1. The first-order valence-electron chi connectivity index (χ1n) is 7.40. The second kappa shape index (κ2) is 5.87. The van der Waals surface area contributed by atoms with Gasteiger partial charge in [0.15, 0.2) is 0 Å². The number of fused-ring (bicyclic) bond motifs is 1. The molecule has 0 radical (unpaired) electrons. The van der Waals surface area contributed by atoms with Crippen LogP contribution >= 0.6 is 15.9 Å². The summed E-state index contributed by atoms with van der Waals surface area (Å²) in [5.41, 5.74) is 2.19. The number of hydrogen-bond donors (Lipinski definition) is 0. The van der Waals surface area contributed by atoms with E-state index in [0.29, 0.717) is 12.8 Å². The summed E-state index contributed by atoms with van der Waals surface area (Å²) in [6, 6.07) is 0. The van der Waals surface area contributed by atoms with Gasteiger partial charge in [-0.25, -0.2) is 0 Å². The number of rotatable bonds is 3. The molecule has 21 heavy (non-hydrogen) atoms. The fraction of sp³-hybridized carbons (Fsp3) is 0.562. The lowest BCUT2D eigenvalue weighted by atomic mass is 9.94. The molecule has 0 aliphatic heterocycles. The third-order valence-electron chi connectivity index (χ3n) is 4.72. The molecule has 3 rings (SSSR count). The minimum Gasteiger partial charge on any atom is -0.457 e. The molecule has 0 spiro atoms. The summed E-state index contributed by atoms with van der Waals surface area (Å²) in [5, 5.41) is 0. The highest BCUT2D eigenvalue weighted by Crippen LogP contribution is 2.38. The Bertz CT molecular complexity index is 587. The van der Waals surface area contributed by atoms with Crippen molar-refractivity contribution in [1.82, 2.24) is 4.98 Å². The van der Waals surface area contributed by atoms with Gasteiger partial charge in [-0.05, 0) is 46.7 Å². The second-order valence-electron chi connectivity index (χ2n) is 5.96. The SMILES string of the molecule is C[C@H]1C(=O)CC[C@@H]1CC(=O)OC1CCc2c(Br)cncc21. The van der Waals surface area contributed by atoms with Crippen LogP contribution < -0.4 is 0 Å². The summed E-state index contributed by atoms with van der Waals surface area (Å²) in [7, 11) is 0. The van der Waals surface area contributed by atoms with Crippen molar-refractivity contribution in [3.63, 3.8) is 0 Å². The van der Waals surface area contributed by atoms with Crippen LogP contribution in [0.4, 0.5) is 0 Å². The molecular weight excluding hydrogens is 334 g/mol. The topological polar surface area (TPSA) is 56.3 Å². The summed E-state index contributed by atoms with van der Waals surface area (Å²) in [6.07, 6.45) is 6.83. The highest BCUT2D eigenvalue weighted by molar-refractivity contribution is 9.10. The van der Waals surface area contributed by atoms with Crippen LogP contribution in [0.1, 0.15) is 49.8 Å². The van der Waals surface area contributed by atoms with Gasteiger partial charge in [0.25, 0.3) is 0 Å². The third-order valence-corrected chi connectivity index (χ3v) is 5.40. The van der Waals surface area contributed by atoms with E-state index in [0.717, 1.165) is 29.3 Å². The molecule has 112 valence electrons. The van der Waals surface area contributed by atoms with E-state index in [9.17, 15) is 9.59 Å². The first-order chi connectivity index (χ1) is 10.1. The van der Waals surface area contributed by atoms with Gasteiger partial charge in [-0.2, -0.15) is 0 Å². The van der Waals surface area contributed by atoms with E-state index in [1.54, 1.807) is 12.4 Å². The Morgan fingerprint density at radius 1 is 1.38 bits per heavy atom. The van der Waals surface area contributed by atoms with Gasteiger partial charge in [-0.3, -0.25) is 14.6 Å². The lowest BCUT2D eigenvalue weighted by Crippen LogP contribution is -2.17. The number of esters is 1. The van der Waals surface area contributed by atoms with E-state index < -0.39 is 0 Å². The highest BCUT2D eigenvalue weighted by atomic mass is 79.9. The van der Waals surface area contributed by atoms with Gasteiger partial charge in [0.2, 0.25) is 0 Å². The maximum atomic E-state index is 12.1. The molecule has 2 aliphatic carbocycles. The second-order valence-corrected chi connectivity index (χ2v) is 6.82. The van der Waals surface area contributed by atoms with Gasteiger partial charge in [0, 0.05) is 41.2 Å². The molecule has 0 N–H and O–H groups in total. The molecule has 5 heteroatoms. The summed E-state index contributed by atoms with van der Waals surface area (Å²) in [6.45, 7) is 1.92. The molecule has 0 bridgehead atoms. The molecule has 3 atom stereocenters. The highest BCUT2D eigenvalue weighted by Gasteiger charge is 2.34. The minimum absolute atomic E-state index is 0.00998. The van der Waals surface area contributed by atoms with Crippen molar-refractivity contribution >= 4 is 27.7 Å². The Balaban J connectivity index is 1.62. The maximum Gasteiger partial charge on any atom is 0.306 e. The van der Waals surface area contributed by atoms with Crippen molar-refractivity contribution in [2.24, 2.45) is 11.8 Å². The third kappa shape index (κ3) is 2.89. The number of ketones is 1. The zero-order chi connectivity index (χ0) is 15.0. The average molecular weight is 352 g/mol. The molecule has 1 unspecified atom stereocenters. The van der Waals surface area contributed by atoms with E-state index in [4.69, 9.17) is 4.74 Å². The smallest absolute Gasteiger partial charge is 0.306 e. The maximum absolute atomic E-state index is 12.1. The van der Waals surface area contributed by atoms with Crippen LogP contribution in [0.15, 0.2) is 16.9 Å². The molecule has 4 nitrogen and oxygen atoms in total. The van der Waals surface area contributed by atoms with Gasteiger partial charge < -0.3 is 4.74 Å². The Labute approximate surface area is 132 Å². The zero-order valence-electron chi connectivity index (χ0n) is 12.0. The fourth-order valence-corrected chi connectivity index (χ4v) is 3.88. The van der Waals surface area contributed by atoms with Crippen molar-refractivity contribution in [3.8, 4) is 0 Å². The first kappa shape index (κ1) is 14.7. The Kier molecular flexibility index (Phi) is 4.11. The number of hydrogen-bond acceptors (Lipinski definition) is 4. The van der Waals surface area contributed by atoms with Crippen LogP contribution in [0.2, 0.25) is 0 Å². The van der Waals surface area contributed by atoms with Crippen molar-refractivity contribution in [2.45, 2.75) is 45.1 Å². The number of ether oxygens (including phenoxy) is 1. The van der Waals surface area contributed by atoms with Crippen LogP contribution in [0.25, 0.3) is 0 Å². The lowest BCUT2D eigenvalue weighted by molar-refractivity contribution is -0.150. The number of pyridine rings is 1. The molecule has 0 amide bonds. The van der Waals surface area contributed by atoms with Crippen molar-refractivity contribution in [3.05, 3.63) is 28.0 Å².